The summed E-state index contributed by atoms with van der Waals surface area (Å²) in [6, 6.07) is 15.6. The number of piperidine rings is 1. The van der Waals surface area contributed by atoms with Crippen molar-refractivity contribution in [2.24, 2.45) is 0 Å². The fourth-order valence-electron chi connectivity index (χ4n) is 3.59. The fourth-order valence-corrected chi connectivity index (χ4v) is 3.59. The van der Waals surface area contributed by atoms with Crippen molar-refractivity contribution in [3.05, 3.63) is 78.0 Å². The molecule has 1 aliphatic heterocycles. The number of amides is 1. The van der Waals surface area contributed by atoms with Crippen molar-refractivity contribution in [2.75, 3.05) is 13.1 Å². The van der Waals surface area contributed by atoms with Crippen LogP contribution in [0.5, 0.6) is 0 Å². The quantitative estimate of drug-likeness (QED) is 0.728. The zero-order valence-electron chi connectivity index (χ0n) is 14.9. The molecule has 0 bridgehead atoms. The maximum Gasteiger partial charge on any atom is 0.253 e. The molecule has 1 saturated heterocycles. The van der Waals surface area contributed by atoms with Crippen molar-refractivity contribution < 1.29 is 4.79 Å². The van der Waals surface area contributed by atoms with Crippen LogP contribution in [0, 0.1) is 6.92 Å². The van der Waals surface area contributed by atoms with E-state index in [4.69, 9.17) is 4.98 Å². The lowest BCUT2D eigenvalue weighted by molar-refractivity contribution is 0.0706. The lowest BCUT2D eigenvalue weighted by atomic mass is 9.93. The van der Waals surface area contributed by atoms with Gasteiger partial charge in [-0.05, 0) is 44.0 Å². The maximum absolute atomic E-state index is 12.8. The number of pyridine rings is 1. The number of aromatic nitrogens is 3. The lowest BCUT2D eigenvalue weighted by Gasteiger charge is -2.32. The predicted octanol–water partition coefficient (Wildman–Crippen LogP) is 3.60. The van der Waals surface area contributed by atoms with Crippen molar-refractivity contribution in [2.45, 2.75) is 25.7 Å². The molecule has 0 N–H and O–H groups in total. The van der Waals surface area contributed by atoms with Gasteiger partial charge in [0, 0.05) is 42.7 Å². The lowest BCUT2D eigenvalue weighted by Crippen LogP contribution is -2.39. The van der Waals surface area contributed by atoms with Crippen LogP contribution in [-0.4, -0.2) is 38.4 Å². The number of aryl methyl sites for hydroxylation is 1. The van der Waals surface area contributed by atoms with Gasteiger partial charge in [-0.2, -0.15) is 0 Å². The second kappa shape index (κ2) is 7.12. The molecule has 1 aliphatic rings. The highest BCUT2D eigenvalue weighted by atomic mass is 16.2. The van der Waals surface area contributed by atoms with Crippen molar-refractivity contribution >= 4 is 5.91 Å². The summed E-state index contributed by atoms with van der Waals surface area (Å²) in [5.41, 5.74) is 1.80. The smallest absolute Gasteiger partial charge is 0.253 e. The minimum Gasteiger partial charge on any atom is -0.338 e. The van der Waals surface area contributed by atoms with E-state index >= 15 is 0 Å². The summed E-state index contributed by atoms with van der Waals surface area (Å²) in [4.78, 5) is 23.9. The molecule has 4 rings (SSSR count). The minimum absolute atomic E-state index is 0.108. The van der Waals surface area contributed by atoms with Crippen LogP contribution in [0.2, 0.25) is 0 Å². The highest BCUT2D eigenvalue weighted by Crippen LogP contribution is 2.27. The predicted molar refractivity (Wildman–Crippen MR) is 100 cm³/mol. The van der Waals surface area contributed by atoms with Crippen LogP contribution < -0.4 is 0 Å². The standard InChI is InChI=1S/C21H22N4O/c1-16-22-12-14-25(16)20-11-5-10-19(23-20)18-9-6-13-24(15-18)21(26)17-7-3-2-4-8-17/h2-5,7-8,10-12,14,18H,6,9,13,15H2,1H3/t18-/m0/s1. The Bertz CT molecular complexity index is 903. The van der Waals surface area contributed by atoms with Crippen molar-refractivity contribution in [3.8, 4) is 5.82 Å². The van der Waals surface area contributed by atoms with Gasteiger partial charge in [0.2, 0.25) is 0 Å². The van der Waals surface area contributed by atoms with Crippen LogP contribution in [0.15, 0.2) is 60.9 Å². The van der Waals surface area contributed by atoms with Crippen molar-refractivity contribution in [1.82, 2.24) is 19.4 Å². The van der Waals surface area contributed by atoms with E-state index in [0.717, 1.165) is 42.3 Å². The second-order valence-corrected chi connectivity index (χ2v) is 6.72. The first-order valence-corrected chi connectivity index (χ1v) is 9.04. The Hall–Kier alpha value is -2.95. The van der Waals surface area contributed by atoms with Crippen LogP contribution >= 0.6 is 0 Å². The number of hydrogen-bond donors (Lipinski definition) is 0. The maximum atomic E-state index is 12.8. The van der Waals surface area contributed by atoms with Gasteiger partial charge in [-0.1, -0.05) is 24.3 Å². The largest absolute Gasteiger partial charge is 0.338 e. The molecule has 1 fully saturated rings. The molecule has 0 unspecified atom stereocenters. The summed E-state index contributed by atoms with van der Waals surface area (Å²) in [5, 5.41) is 0. The van der Waals surface area contributed by atoms with Crippen LogP contribution in [-0.2, 0) is 0 Å². The fraction of sp³-hybridized carbons (Fsp3) is 0.286. The number of imidazole rings is 1. The van der Waals surface area contributed by atoms with Crippen LogP contribution in [0.25, 0.3) is 5.82 Å². The number of likely N-dealkylation sites (tertiary alicyclic amines) is 1. The van der Waals surface area contributed by atoms with Gasteiger partial charge in [-0.3, -0.25) is 9.36 Å². The molecular weight excluding hydrogens is 324 g/mol. The Labute approximate surface area is 153 Å². The Balaban J connectivity index is 1.55. The van der Waals surface area contributed by atoms with E-state index in [9.17, 15) is 4.79 Å². The summed E-state index contributed by atoms with van der Waals surface area (Å²) in [6.45, 7) is 3.49. The first kappa shape index (κ1) is 16.5. The van der Waals surface area contributed by atoms with Gasteiger partial charge in [-0.15, -0.1) is 0 Å². The third-order valence-corrected chi connectivity index (χ3v) is 4.98. The van der Waals surface area contributed by atoms with Gasteiger partial charge in [0.05, 0.1) is 0 Å². The first-order valence-electron chi connectivity index (χ1n) is 9.04. The average Bonchev–Trinajstić information content (AvgIpc) is 3.14. The molecule has 5 heteroatoms. The number of rotatable bonds is 3. The van der Waals surface area contributed by atoms with Crippen LogP contribution in [0.4, 0.5) is 0 Å². The van der Waals surface area contributed by atoms with E-state index in [1.165, 1.54) is 0 Å². The number of nitrogens with zero attached hydrogens (tertiary/aromatic N) is 4. The molecule has 1 aromatic carbocycles. The summed E-state index contributed by atoms with van der Waals surface area (Å²) >= 11 is 0. The van der Waals surface area contributed by atoms with E-state index in [-0.39, 0.29) is 11.8 Å². The molecule has 1 amide bonds. The van der Waals surface area contributed by atoms with E-state index < -0.39 is 0 Å². The summed E-state index contributed by atoms with van der Waals surface area (Å²) in [5.74, 6) is 2.17. The molecule has 0 aliphatic carbocycles. The zero-order valence-corrected chi connectivity index (χ0v) is 14.9. The van der Waals surface area contributed by atoms with Crippen molar-refractivity contribution in [1.29, 1.82) is 0 Å². The summed E-state index contributed by atoms with van der Waals surface area (Å²) < 4.78 is 1.99. The normalized spacial score (nSPS) is 17.3. The highest BCUT2D eigenvalue weighted by molar-refractivity contribution is 5.94. The average molecular weight is 346 g/mol. The number of carbonyl (C=O) groups is 1. The zero-order chi connectivity index (χ0) is 17.9. The monoisotopic (exact) mass is 346 g/mol. The molecule has 0 spiro atoms. The molecule has 0 saturated carbocycles. The minimum atomic E-state index is 0.108. The second-order valence-electron chi connectivity index (χ2n) is 6.72. The van der Waals surface area contributed by atoms with Gasteiger partial charge in [0.15, 0.2) is 0 Å². The van der Waals surface area contributed by atoms with Gasteiger partial charge < -0.3 is 4.90 Å². The topological polar surface area (TPSA) is 51.0 Å². The highest BCUT2D eigenvalue weighted by Gasteiger charge is 2.26. The molecule has 3 aromatic rings. The van der Waals surface area contributed by atoms with E-state index in [2.05, 4.69) is 11.1 Å². The third kappa shape index (κ3) is 3.25. The molecule has 3 heterocycles. The molecule has 1 atom stereocenters. The third-order valence-electron chi connectivity index (χ3n) is 4.98. The Morgan fingerprint density at radius 2 is 1.96 bits per heavy atom. The van der Waals surface area contributed by atoms with Crippen LogP contribution in [0.3, 0.4) is 0 Å². The van der Waals surface area contributed by atoms with E-state index in [1.54, 1.807) is 6.20 Å². The molecule has 0 radical (unpaired) electrons. The Morgan fingerprint density at radius 3 is 2.73 bits per heavy atom. The summed E-state index contributed by atoms with van der Waals surface area (Å²) in [7, 11) is 0. The van der Waals surface area contributed by atoms with Gasteiger partial charge in [-0.25, -0.2) is 9.97 Å². The van der Waals surface area contributed by atoms with Gasteiger partial charge in [0.25, 0.3) is 5.91 Å². The Kier molecular flexibility index (Phi) is 4.52. The van der Waals surface area contributed by atoms with E-state index in [1.807, 2.05) is 65.1 Å². The first-order chi connectivity index (χ1) is 12.7. The van der Waals surface area contributed by atoms with Gasteiger partial charge in [0.1, 0.15) is 11.6 Å². The van der Waals surface area contributed by atoms with Gasteiger partial charge >= 0.3 is 0 Å². The number of benzene rings is 1. The molecule has 5 nitrogen and oxygen atoms in total. The molecule has 132 valence electrons. The molecular formula is C21H22N4O. The number of hydrogen-bond acceptors (Lipinski definition) is 3. The SMILES string of the molecule is Cc1nccn1-c1cccc([C@H]2CCCN(C(=O)c3ccccc3)C2)n1. The van der Waals surface area contributed by atoms with Crippen molar-refractivity contribution in [3.63, 3.8) is 0 Å². The molecule has 2 aromatic heterocycles. The Morgan fingerprint density at radius 1 is 1.12 bits per heavy atom. The van der Waals surface area contributed by atoms with E-state index in [0.29, 0.717) is 6.54 Å². The summed E-state index contributed by atoms with van der Waals surface area (Å²) in [6.07, 6.45) is 5.76. The molecule has 26 heavy (non-hydrogen) atoms. The van der Waals surface area contributed by atoms with Crippen LogP contribution in [0.1, 0.15) is 40.6 Å². The number of carbonyl (C=O) groups excluding carboxylic acids is 1.